The third kappa shape index (κ3) is 4.12. The van der Waals surface area contributed by atoms with E-state index in [9.17, 15) is 4.79 Å². The van der Waals surface area contributed by atoms with E-state index in [2.05, 4.69) is 20.8 Å². The molecule has 0 atom stereocenters. The highest BCUT2D eigenvalue weighted by atomic mass is 16.1. The second-order valence-electron chi connectivity index (χ2n) is 4.17. The van der Waals surface area contributed by atoms with E-state index in [1.54, 1.807) is 6.07 Å². The minimum absolute atomic E-state index is 0.155. The van der Waals surface area contributed by atoms with Crippen molar-refractivity contribution in [3.05, 3.63) is 28.2 Å². The molecule has 0 radical (unpaired) electrons. The fourth-order valence-corrected chi connectivity index (χ4v) is 1.50. The van der Waals surface area contributed by atoms with Crippen molar-refractivity contribution in [1.29, 1.82) is 0 Å². The molecule has 0 spiro atoms. The van der Waals surface area contributed by atoms with Gasteiger partial charge >= 0.3 is 0 Å². The van der Waals surface area contributed by atoms with Crippen LogP contribution in [0.5, 0.6) is 0 Å². The van der Waals surface area contributed by atoms with Crippen LogP contribution in [-0.2, 0) is 6.54 Å². The zero-order valence-corrected chi connectivity index (χ0v) is 9.33. The molecule has 1 fully saturated rings. The number of aromatic nitrogens is 2. The summed E-state index contributed by atoms with van der Waals surface area (Å²) in [7, 11) is 0. The zero-order chi connectivity index (χ0) is 11.2. The van der Waals surface area contributed by atoms with Crippen molar-refractivity contribution in [3.8, 4) is 0 Å². The standard InChI is InChI=1S/C11H18N4O/c16-11-5-4-10(14-15-11)8-12-6-1-7-13-9-2-3-9/h4-5,9,12-13H,1-3,6-8H2,(H,15,16). The summed E-state index contributed by atoms with van der Waals surface area (Å²) in [4.78, 5) is 10.8. The first-order valence-electron chi connectivity index (χ1n) is 5.83. The second-order valence-corrected chi connectivity index (χ2v) is 4.17. The maximum atomic E-state index is 10.8. The van der Waals surface area contributed by atoms with E-state index >= 15 is 0 Å². The van der Waals surface area contributed by atoms with Crippen LogP contribution in [0.25, 0.3) is 0 Å². The third-order valence-corrected chi connectivity index (χ3v) is 2.58. The van der Waals surface area contributed by atoms with E-state index in [1.165, 1.54) is 18.9 Å². The predicted octanol–water partition coefficient (Wildman–Crippen LogP) is 0.00160. The van der Waals surface area contributed by atoms with Crippen molar-refractivity contribution in [1.82, 2.24) is 20.8 Å². The summed E-state index contributed by atoms with van der Waals surface area (Å²) in [5, 5.41) is 13.1. The average molecular weight is 222 g/mol. The summed E-state index contributed by atoms with van der Waals surface area (Å²) < 4.78 is 0. The molecule has 1 aliphatic rings. The summed E-state index contributed by atoms with van der Waals surface area (Å²) in [5.74, 6) is 0. The summed E-state index contributed by atoms with van der Waals surface area (Å²) in [5.41, 5.74) is 0.715. The maximum absolute atomic E-state index is 10.8. The fraction of sp³-hybridized carbons (Fsp3) is 0.636. The van der Waals surface area contributed by atoms with Crippen molar-refractivity contribution >= 4 is 0 Å². The van der Waals surface area contributed by atoms with E-state index in [-0.39, 0.29) is 5.56 Å². The van der Waals surface area contributed by atoms with E-state index in [0.717, 1.165) is 31.2 Å². The van der Waals surface area contributed by atoms with Gasteiger partial charge in [-0.25, -0.2) is 5.10 Å². The van der Waals surface area contributed by atoms with Gasteiger partial charge in [-0.05, 0) is 38.4 Å². The summed E-state index contributed by atoms with van der Waals surface area (Å²) >= 11 is 0. The third-order valence-electron chi connectivity index (χ3n) is 2.58. The van der Waals surface area contributed by atoms with Crippen molar-refractivity contribution in [3.63, 3.8) is 0 Å². The van der Waals surface area contributed by atoms with Crippen molar-refractivity contribution in [2.45, 2.75) is 31.8 Å². The molecule has 1 aromatic heterocycles. The fourth-order valence-electron chi connectivity index (χ4n) is 1.50. The molecule has 0 saturated heterocycles. The largest absolute Gasteiger partial charge is 0.314 e. The highest BCUT2D eigenvalue weighted by molar-refractivity contribution is 4.98. The Hall–Kier alpha value is -1.20. The Labute approximate surface area is 94.6 Å². The van der Waals surface area contributed by atoms with Crippen LogP contribution >= 0.6 is 0 Å². The molecule has 0 bridgehead atoms. The molecule has 5 heteroatoms. The Balaban J connectivity index is 1.53. The normalized spacial score (nSPS) is 15.2. The van der Waals surface area contributed by atoms with E-state index in [0.29, 0.717) is 6.54 Å². The van der Waals surface area contributed by atoms with Crippen LogP contribution in [0.15, 0.2) is 16.9 Å². The molecule has 1 aliphatic carbocycles. The lowest BCUT2D eigenvalue weighted by atomic mass is 10.3. The smallest absolute Gasteiger partial charge is 0.264 e. The van der Waals surface area contributed by atoms with Gasteiger partial charge in [0, 0.05) is 18.7 Å². The first-order valence-corrected chi connectivity index (χ1v) is 5.83. The minimum atomic E-state index is -0.155. The van der Waals surface area contributed by atoms with Crippen LogP contribution in [-0.4, -0.2) is 29.3 Å². The monoisotopic (exact) mass is 222 g/mol. The number of aromatic amines is 1. The van der Waals surface area contributed by atoms with E-state index in [1.807, 2.05) is 0 Å². The lowest BCUT2D eigenvalue weighted by molar-refractivity contribution is 0.587. The Morgan fingerprint density at radius 2 is 2.25 bits per heavy atom. The molecule has 16 heavy (non-hydrogen) atoms. The predicted molar refractivity (Wildman–Crippen MR) is 62.2 cm³/mol. The Morgan fingerprint density at radius 1 is 1.38 bits per heavy atom. The van der Waals surface area contributed by atoms with Gasteiger partial charge in [-0.15, -0.1) is 0 Å². The lowest BCUT2D eigenvalue weighted by Crippen LogP contribution is -2.23. The lowest BCUT2D eigenvalue weighted by Gasteiger charge is -2.04. The van der Waals surface area contributed by atoms with Gasteiger partial charge in [-0.3, -0.25) is 4.79 Å². The summed E-state index contributed by atoms with van der Waals surface area (Å²) in [6, 6.07) is 4.04. The van der Waals surface area contributed by atoms with Gasteiger partial charge in [0.05, 0.1) is 5.69 Å². The molecule has 0 aromatic carbocycles. The molecule has 0 unspecified atom stereocenters. The summed E-state index contributed by atoms with van der Waals surface area (Å²) in [6.45, 7) is 2.76. The van der Waals surface area contributed by atoms with E-state index < -0.39 is 0 Å². The number of nitrogens with one attached hydrogen (secondary N) is 3. The SMILES string of the molecule is O=c1ccc(CNCCCNC2CC2)n[nH]1. The van der Waals surface area contributed by atoms with Crippen molar-refractivity contribution < 1.29 is 0 Å². The van der Waals surface area contributed by atoms with Crippen LogP contribution in [0.4, 0.5) is 0 Å². The molecular weight excluding hydrogens is 204 g/mol. The number of hydrogen-bond donors (Lipinski definition) is 3. The van der Waals surface area contributed by atoms with Gasteiger partial charge in [0.1, 0.15) is 0 Å². The number of nitrogens with zero attached hydrogens (tertiary/aromatic N) is 1. The molecule has 0 aliphatic heterocycles. The van der Waals surface area contributed by atoms with Crippen LogP contribution in [0.1, 0.15) is 25.0 Å². The molecule has 0 amide bonds. The first kappa shape index (κ1) is 11.3. The average Bonchev–Trinajstić information content (AvgIpc) is 3.10. The van der Waals surface area contributed by atoms with Gasteiger partial charge < -0.3 is 10.6 Å². The number of rotatable bonds is 7. The number of hydrogen-bond acceptors (Lipinski definition) is 4. The van der Waals surface area contributed by atoms with Gasteiger partial charge in [0.15, 0.2) is 0 Å². The van der Waals surface area contributed by atoms with Gasteiger partial charge in [-0.1, -0.05) is 0 Å². The topological polar surface area (TPSA) is 69.8 Å². The first-order chi connectivity index (χ1) is 7.84. The highest BCUT2D eigenvalue weighted by Crippen LogP contribution is 2.18. The quantitative estimate of drug-likeness (QED) is 0.568. The minimum Gasteiger partial charge on any atom is -0.314 e. The van der Waals surface area contributed by atoms with Crippen LogP contribution in [0.2, 0.25) is 0 Å². The molecule has 5 nitrogen and oxygen atoms in total. The second kappa shape index (κ2) is 5.77. The molecule has 1 saturated carbocycles. The van der Waals surface area contributed by atoms with Crippen LogP contribution in [0.3, 0.4) is 0 Å². The molecule has 3 N–H and O–H groups in total. The van der Waals surface area contributed by atoms with Gasteiger partial charge in [0.25, 0.3) is 5.56 Å². The molecule has 1 heterocycles. The van der Waals surface area contributed by atoms with Gasteiger partial charge in [0.2, 0.25) is 0 Å². The van der Waals surface area contributed by atoms with Crippen molar-refractivity contribution in [2.24, 2.45) is 0 Å². The Bertz CT molecular complexity index is 352. The molecular formula is C11H18N4O. The Kier molecular flexibility index (Phi) is 4.07. The summed E-state index contributed by atoms with van der Waals surface area (Å²) in [6.07, 6.45) is 3.81. The zero-order valence-electron chi connectivity index (χ0n) is 9.33. The molecule has 1 aromatic rings. The molecule has 2 rings (SSSR count). The highest BCUT2D eigenvalue weighted by Gasteiger charge is 2.19. The molecule has 88 valence electrons. The van der Waals surface area contributed by atoms with Crippen molar-refractivity contribution in [2.75, 3.05) is 13.1 Å². The Morgan fingerprint density at radius 3 is 2.94 bits per heavy atom. The van der Waals surface area contributed by atoms with E-state index in [4.69, 9.17) is 0 Å². The van der Waals surface area contributed by atoms with Crippen LogP contribution < -0.4 is 16.2 Å². The number of H-pyrrole nitrogens is 1. The maximum Gasteiger partial charge on any atom is 0.264 e. The van der Waals surface area contributed by atoms with Gasteiger partial charge in [-0.2, -0.15) is 5.10 Å². The van der Waals surface area contributed by atoms with Crippen LogP contribution in [0, 0.1) is 0 Å².